The zero-order chi connectivity index (χ0) is 26.6. The molecule has 196 valence electrons. The molecule has 0 saturated carbocycles. The Morgan fingerprint density at radius 2 is 1.89 bits per heavy atom. The van der Waals surface area contributed by atoms with Crippen LogP contribution >= 0.6 is 23.2 Å². The van der Waals surface area contributed by atoms with Crippen molar-refractivity contribution in [3.63, 3.8) is 0 Å². The molecule has 3 heterocycles. The number of benzene rings is 3. The van der Waals surface area contributed by atoms with E-state index in [1.54, 1.807) is 24.3 Å². The molecule has 0 bridgehead atoms. The summed E-state index contributed by atoms with van der Waals surface area (Å²) in [4.78, 5) is 28.2. The smallest absolute Gasteiger partial charge is 0.256 e. The minimum absolute atomic E-state index is 0.173. The van der Waals surface area contributed by atoms with Crippen molar-refractivity contribution in [1.29, 1.82) is 0 Å². The van der Waals surface area contributed by atoms with Crippen molar-refractivity contribution in [2.75, 3.05) is 19.0 Å². The van der Waals surface area contributed by atoms with E-state index in [-0.39, 0.29) is 28.5 Å². The van der Waals surface area contributed by atoms with E-state index in [1.807, 2.05) is 41.3 Å². The summed E-state index contributed by atoms with van der Waals surface area (Å²) in [5.41, 5.74) is 1.30. The Morgan fingerprint density at radius 3 is 2.66 bits per heavy atom. The van der Waals surface area contributed by atoms with Gasteiger partial charge in [-0.25, -0.2) is 0 Å². The van der Waals surface area contributed by atoms with Crippen LogP contribution < -0.4 is 14.8 Å². The van der Waals surface area contributed by atoms with E-state index in [0.717, 1.165) is 18.4 Å². The summed E-state index contributed by atoms with van der Waals surface area (Å²) >= 11 is 13.0. The number of rotatable bonds is 6. The van der Waals surface area contributed by atoms with Crippen LogP contribution in [0.1, 0.15) is 35.4 Å². The molecule has 2 saturated heterocycles. The molecule has 0 aromatic heterocycles. The van der Waals surface area contributed by atoms with Crippen molar-refractivity contribution in [3.8, 4) is 11.5 Å². The molecule has 3 aliphatic rings. The summed E-state index contributed by atoms with van der Waals surface area (Å²) < 4.78 is 11.7. The van der Waals surface area contributed by atoms with Gasteiger partial charge in [0.05, 0.1) is 18.1 Å². The van der Waals surface area contributed by atoms with E-state index in [9.17, 15) is 14.9 Å². The molecule has 6 rings (SSSR count). The highest BCUT2D eigenvalue weighted by Crippen LogP contribution is 2.58. The molecule has 2 fully saturated rings. The van der Waals surface area contributed by atoms with Gasteiger partial charge in [0.2, 0.25) is 0 Å². The summed E-state index contributed by atoms with van der Waals surface area (Å²) in [5, 5.41) is 16.6. The Balaban J connectivity index is 1.44. The zero-order valence-corrected chi connectivity index (χ0v) is 22.0. The van der Waals surface area contributed by atoms with Gasteiger partial charge in [-0.1, -0.05) is 59.6 Å². The monoisotopic (exact) mass is 553 g/mol. The van der Waals surface area contributed by atoms with Crippen LogP contribution in [0.3, 0.4) is 0 Å². The van der Waals surface area contributed by atoms with E-state index in [1.165, 1.54) is 7.11 Å². The minimum atomic E-state index is -1.40. The highest BCUT2D eigenvalue weighted by atomic mass is 35.5. The molecule has 3 aromatic carbocycles. The van der Waals surface area contributed by atoms with E-state index < -0.39 is 17.5 Å². The molecule has 3 aliphatic heterocycles. The van der Waals surface area contributed by atoms with Crippen LogP contribution in [0.25, 0.3) is 0 Å². The van der Waals surface area contributed by atoms with Crippen molar-refractivity contribution < 1.29 is 19.2 Å². The number of amides is 1. The average molecular weight is 554 g/mol. The highest BCUT2D eigenvalue weighted by molar-refractivity contribution is 6.32. The van der Waals surface area contributed by atoms with Gasteiger partial charge in [0, 0.05) is 39.3 Å². The van der Waals surface area contributed by atoms with Crippen molar-refractivity contribution in [2.45, 2.75) is 43.0 Å². The second-order valence-electron chi connectivity index (χ2n) is 9.84. The summed E-state index contributed by atoms with van der Waals surface area (Å²) in [6.07, 6.45) is 1.57. The number of halogens is 2. The van der Waals surface area contributed by atoms with E-state index in [0.29, 0.717) is 39.9 Å². The van der Waals surface area contributed by atoms with E-state index in [4.69, 9.17) is 32.7 Å². The lowest BCUT2D eigenvalue weighted by Gasteiger charge is -2.32. The lowest BCUT2D eigenvalue weighted by Crippen LogP contribution is -2.55. The first-order chi connectivity index (χ1) is 18.4. The minimum Gasteiger partial charge on any atom is -0.493 e. The van der Waals surface area contributed by atoms with Crippen LogP contribution in [0.5, 0.6) is 11.5 Å². The number of nitrogens with zero attached hydrogens (tertiary/aromatic N) is 2. The number of fused-ring (bicyclic) bond motifs is 4. The lowest BCUT2D eigenvalue weighted by atomic mass is 9.77. The lowest BCUT2D eigenvalue weighted by molar-refractivity contribution is -0.534. The third-order valence-electron chi connectivity index (χ3n) is 8.06. The Hall–Kier alpha value is -3.33. The Morgan fingerprint density at radius 1 is 1.13 bits per heavy atom. The molecule has 0 unspecified atom stereocenters. The van der Waals surface area contributed by atoms with Gasteiger partial charge >= 0.3 is 0 Å². The first kappa shape index (κ1) is 25.0. The van der Waals surface area contributed by atoms with E-state index in [2.05, 4.69) is 5.32 Å². The second kappa shape index (κ2) is 9.45. The third-order valence-corrected chi connectivity index (χ3v) is 8.71. The van der Waals surface area contributed by atoms with Gasteiger partial charge in [-0.2, -0.15) is 0 Å². The number of anilines is 1. The molecule has 1 amide bonds. The van der Waals surface area contributed by atoms with Crippen LogP contribution in [0.4, 0.5) is 5.69 Å². The summed E-state index contributed by atoms with van der Waals surface area (Å²) in [5.74, 6) is -0.250. The molecule has 10 heteroatoms. The quantitative estimate of drug-likeness (QED) is 0.313. The van der Waals surface area contributed by atoms with Gasteiger partial charge in [-0.3, -0.25) is 19.8 Å². The van der Waals surface area contributed by atoms with Crippen LogP contribution in [0.15, 0.2) is 60.7 Å². The number of hydrogen-bond donors (Lipinski definition) is 1. The second-order valence-corrected chi connectivity index (χ2v) is 10.7. The van der Waals surface area contributed by atoms with Crippen LogP contribution in [-0.4, -0.2) is 41.5 Å². The standard InChI is InChI=1S/C28H25Cl2N3O5/c1-37-23-14-17(13-20(30)25(23)38-15-16-7-2-4-9-19(16)29)24-22-11-6-12-32(22)28(26(24)33(35)36)18-8-3-5-10-21(18)31-27(28)34/h2-5,7-10,13-14,22,24,26H,6,11-12,15H2,1H3,(H,31,34)/t22-,24+,26-,28-/m0/s1. The molecule has 1 spiro atoms. The van der Waals surface area contributed by atoms with Crippen molar-refractivity contribution in [2.24, 2.45) is 0 Å². The molecule has 3 aromatic rings. The number of carbonyl (C=O) groups is 1. The maximum absolute atomic E-state index is 13.6. The topological polar surface area (TPSA) is 93.9 Å². The summed E-state index contributed by atoms with van der Waals surface area (Å²) in [6, 6.07) is 16.6. The Bertz CT molecular complexity index is 1450. The number of nitro groups is 1. The molecule has 8 nitrogen and oxygen atoms in total. The molecule has 0 radical (unpaired) electrons. The summed E-state index contributed by atoms with van der Waals surface area (Å²) in [6.45, 7) is 0.768. The fourth-order valence-corrected chi connectivity index (χ4v) is 7.08. The SMILES string of the molecule is COc1cc([C@H]2[C@H]([N+](=O)[O-])[C@@]3(C(=O)Nc4ccccc43)N3CCC[C@@H]23)cc(Cl)c1OCc1ccccc1Cl. The molecule has 0 aliphatic carbocycles. The predicted octanol–water partition coefficient (Wildman–Crippen LogP) is 5.64. The van der Waals surface area contributed by atoms with Gasteiger partial charge in [0.1, 0.15) is 6.61 Å². The van der Waals surface area contributed by atoms with Crippen LogP contribution in [0.2, 0.25) is 10.0 Å². The number of hydrogen-bond acceptors (Lipinski definition) is 6. The highest BCUT2D eigenvalue weighted by Gasteiger charge is 2.73. The normalized spacial score (nSPS) is 25.8. The van der Waals surface area contributed by atoms with Gasteiger partial charge in [-0.15, -0.1) is 0 Å². The fourth-order valence-electron chi connectivity index (χ4n) is 6.61. The first-order valence-corrected chi connectivity index (χ1v) is 13.2. The molecule has 4 atom stereocenters. The van der Waals surface area contributed by atoms with Gasteiger partial charge < -0.3 is 14.8 Å². The third kappa shape index (κ3) is 3.58. The van der Waals surface area contributed by atoms with Gasteiger partial charge in [-0.05, 0) is 42.7 Å². The molecular formula is C28H25Cl2N3O5. The van der Waals surface area contributed by atoms with Crippen molar-refractivity contribution in [1.82, 2.24) is 4.90 Å². The van der Waals surface area contributed by atoms with Crippen LogP contribution in [-0.2, 0) is 16.9 Å². The Kier molecular flexibility index (Phi) is 6.21. The van der Waals surface area contributed by atoms with E-state index >= 15 is 0 Å². The Labute approximate surface area is 229 Å². The van der Waals surface area contributed by atoms with Gasteiger partial charge in [0.15, 0.2) is 17.0 Å². The maximum atomic E-state index is 13.6. The van der Waals surface area contributed by atoms with Crippen molar-refractivity contribution in [3.05, 3.63) is 97.5 Å². The zero-order valence-electron chi connectivity index (χ0n) is 20.5. The van der Waals surface area contributed by atoms with Gasteiger partial charge in [0.25, 0.3) is 11.9 Å². The van der Waals surface area contributed by atoms with Crippen LogP contribution in [0, 0.1) is 10.1 Å². The molecule has 38 heavy (non-hydrogen) atoms. The number of para-hydroxylation sites is 1. The summed E-state index contributed by atoms with van der Waals surface area (Å²) in [7, 11) is 1.50. The fraction of sp³-hybridized carbons (Fsp3) is 0.321. The molecular weight excluding hydrogens is 529 g/mol. The van der Waals surface area contributed by atoms with Crippen molar-refractivity contribution >= 4 is 34.8 Å². The number of ether oxygens (including phenoxy) is 2. The average Bonchev–Trinajstić information content (AvgIpc) is 3.57. The number of nitrogens with one attached hydrogen (secondary N) is 1. The largest absolute Gasteiger partial charge is 0.493 e. The number of methoxy groups -OCH3 is 1. The first-order valence-electron chi connectivity index (χ1n) is 12.4. The predicted molar refractivity (Wildman–Crippen MR) is 144 cm³/mol. The maximum Gasteiger partial charge on any atom is 0.256 e. The molecule has 1 N–H and O–H groups in total. The number of carbonyl (C=O) groups excluding carboxylic acids is 1.